The lowest BCUT2D eigenvalue weighted by atomic mass is 10.1. The molecule has 11 heteroatoms. The Bertz CT molecular complexity index is 1390. The van der Waals surface area contributed by atoms with Crippen molar-refractivity contribution in [1.82, 2.24) is 29.3 Å². The van der Waals surface area contributed by atoms with Gasteiger partial charge in [0, 0.05) is 36.1 Å². The third-order valence-corrected chi connectivity index (χ3v) is 6.08. The van der Waals surface area contributed by atoms with Crippen LogP contribution in [0.5, 0.6) is 5.75 Å². The number of rotatable bonds is 6. The van der Waals surface area contributed by atoms with E-state index in [0.717, 1.165) is 19.5 Å². The zero-order chi connectivity index (χ0) is 23.8. The predicted octanol–water partition coefficient (Wildman–Crippen LogP) is 3.30. The van der Waals surface area contributed by atoms with Crippen molar-refractivity contribution in [1.29, 1.82) is 0 Å². The first kappa shape index (κ1) is 21.9. The van der Waals surface area contributed by atoms with Crippen molar-refractivity contribution < 1.29 is 14.3 Å². The van der Waals surface area contributed by atoms with E-state index >= 15 is 0 Å². The molecule has 0 saturated carbocycles. The van der Waals surface area contributed by atoms with Crippen molar-refractivity contribution in [2.45, 2.75) is 19.4 Å². The van der Waals surface area contributed by atoms with Crippen LogP contribution in [0.25, 0.3) is 16.9 Å². The van der Waals surface area contributed by atoms with Crippen LogP contribution in [0.2, 0.25) is 5.02 Å². The third kappa shape index (κ3) is 3.86. The second-order valence-corrected chi connectivity index (χ2v) is 8.41. The maximum absolute atomic E-state index is 13.2. The molecule has 0 aliphatic carbocycles. The molecule has 5 rings (SSSR count). The van der Waals surface area contributed by atoms with E-state index in [1.807, 2.05) is 0 Å². The van der Waals surface area contributed by atoms with Gasteiger partial charge in [0.05, 0.1) is 25.2 Å². The number of carbonyl (C=O) groups is 2. The van der Waals surface area contributed by atoms with E-state index < -0.39 is 11.9 Å². The van der Waals surface area contributed by atoms with Crippen molar-refractivity contribution in [2.24, 2.45) is 0 Å². The quantitative estimate of drug-likeness (QED) is 0.454. The third-order valence-electron chi connectivity index (χ3n) is 5.84. The molecule has 1 aliphatic rings. The van der Waals surface area contributed by atoms with E-state index in [2.05, 4.69) is 20.5 Å². The van der Waals surface area contributed by atoms with Gasteiger partial charge in [0.1, 0.15) is 23.0 Å². The van der Waals surface area contributed by atoms with E-state index in [9.17, 15) is 9.59 Å². The van der Waals surface area contributed by atoms with E-state index in [4.69, 9.17) is 16.3 Å². The van der Waals surface area contributed by atoms with Crippen molar-refractivity contribution >= 4 is 34.7 Å². The number of fused-ring (bicyclic) bond motifs is 1. The standard InChI is InChI=1S/C23H22ClN7O3/c1-14(23(33)29-8-4-9-29)31-13-18(20(28-31)16-11-15(24)5-6-19(16)34-2)27-22(32)17-12-26-30-10-3-7-25-21(17)30/h3,5-7,10-14H,4,8-9H2,1-2H3,(H,27,32). The number of nitrogens with one attached hydrogen (secondary N) is 1. The number of anilines is 1. The van der Waals surface area contributed by atoms with E-state index in [1.54, 1.807) is 66.5 Å². The summed E-state index contributed by atoms with van der Waals surface area (Å²) < 4.78 is 8.58. The minimum Gasteiger partial charge on any atom is -0.496 e. The Morgan fingerprint density at radius 1 is 1.26 bits per heavy atom. The summed E-state index contributed by atoms with van der Waals surface area (Å²) >= 11 is 6.26. The number of ether oxygens (including phenoxy) is 1. The summed E-state index contributed by atoms with van der Waals surface area (Å²) in [4.78, 5) is 32.1. The average Bonchev–Trinajstić information content (AvgIpc) is 3.41. The molecule has 1 atom stereocenters. The molecule has 1 saturated heterocycles. The molecule has 4 heterocycles. The monoisotopic (exact) mass is 479 g/mol. The van der Waals surface area contributed by atoms with E-state index in [0.29, 0.717) is 38.9 Å². The van der Waals surface area contributed by atoms with Crippen molar-refractivity contribution in [2.75, 3.05) is 25.5 Å². The fourth-order valence-corrected chi connectivity index (χ4v) is 4.01. The smallest absolute Gasteiger partial charge is 0.261 e. The van der Waals surface area contributed by atoms with Gasteiger partial charge < -0.3 is 15.0 Å². The van der Waals surface area contributed by atoms with Crippen molar-refractivity contribution in [3.63, 3.8) is 0 Å². The summed E-state index contributed by atoms with van der Waals surface area (Å²) in [6.45, 7) is 3.27. The average molecular weight is 480 g/mol. The normalized spacial score (nSPS) is 14.0. The van der Waals surface area contributed by atoms with Crippen LogP contribution in [0.15, 0.2) is 49.1 Å². The number of aromatic nitrogens is 5. The van der Waals surface area contributed by atoms with Gasteiger partial charge in [0.25, 0.3) is 5.91 Å². The SMILES string of the molecule is COc1ccc(Cl)cc1-c1nn(C(C)C(=O)N2CCC2)cc1NC(=O)c1cnn2cccnc12. The van der Waals surface area contributed by atoms with Crippen LogP contribution in [0.4, 0.5) is 5.69 Å². The molecule has 2 amide bonds. The summed E-state index contributed by atoms with van der Waals surface area (Å²) in [5.41, 5.74) is 2.16. The molecule has 0 spiro atoms. The molecular formula is C23H22ClN7O3. The number of likely N-dealkylation sites (tertiary alicyclic amines) is 1. The van der Waals surface area contributed by atoms with E-state index in [-0.39, 0.29) is 5.91 Å². The summed E-state index contributed by atoms with van der Waals surface area (Å²) in [6.07, 6.45) is 7.41. The molecule has 1 aliphatic heterocycles. The Morgan fingerprint density at radius 2 is 2.09 bits per heavy atom. The number of hydrogen-bond donors (Lipinski definition) is 1. The van der Waals surface area contributed by atoms with Crippen LogP contribution in [-0.2, 0) is 4.79 Å². The highest BCUT2D eigenvalue weighted by Crippen LogP contribution is 2.37. The first-order valence-corrected chi connectivity index (χ1v) is 11.2. The molecular weight excluding hydrogens is 458 g/mol. The van der Waals surface area contributed by atoms with Crippen molar-refractivity contribution in [3.8, 4) is 17.0 Å². The molecule has 0 radical (unpaired) electrons. The highest BCUT2D eigenvalue weighted by molar-refractivity contribution is 6.31. The predicted molar refractivity (Wildman–Crippen MR) is 126 cm³/mol. The minimum absolute atomic E-state index is 0.0249. The largest absolute Gasteiger partial charge is 0.496 e. The first-order chi connectivity index (χ1) is 16.5. The van der Waals surface area contributed by atoms with Gasteiger partial charge in [0.15, 0.2) is 5.65 Å². The molecule has 0 bridgehead atoms. The fraction of sp³-hybridized carbons (Fsp3) is 0.261. The van der Waals surface area contributed by atoms with Gasteiger partial charge in [-0.25, -0.2) is 9.50 Å². The maximum Gasteiger partial charge on any atom is 0.261 e. The van der Waals surface area contributed by atoms with Crippen LogP contribution in [0.1, 0.15) is 29.7 Å². The zero-order valence-electron chi connectivity index (χ0n) is 18.6. The number of methoxy groups -OCH3 is 1. The zero-order valence-corrected chi connectivity index (χ0v) is 19.4. The summed E-state index contributed by atoms with van der Waals surface area (Å²) in [5.74, 6) is 0.102. The number of benzene rings is 1. The van der Waals surface area contributed by atoms with Crippen molar-refractivity contribution in [3.05, 3.63) is 59.6 Å². The van der Waals surface area contributed by atoms with Gasteiger partial charge in [-0.2, -0.15) is 10.2 Å². The van der Waals surface area contributed by atoms with Crippen LogP contribution < -0.4 is 10.1 Å². The summed E-state index contributed by atoms with van der Waals surface area (Å²) in [6, 6.07) is 6.33. The van der Waals surface area contributed by atoms with Crippen LogP contribution in [0.3, 0.4) is 0 Å². The topological polar surface area (TPSA) is 107 Å². The van der Waals surface area contributed by atoms with Gasteiger partial charge in [-0.05, 0) is 37.6 Å². The second-order valence-electron chi connectivity index (χ2n) is 7.97. The van der Waals surface area contributed by atoms with Crippen LogP contribution in [-0.4, -0.2) is 61.3 Å². The molecule has 1 unspecified atom stereocenters. The summed E-state index contributed by atoms with van der Waals surface area (Å²) in [5, 5.41) is 12.2. The Labute approximate surface area is 200 Å². The van der Waals surface area contributed by atoms with Gasteiger partial charge in [-0.1, -0.05) is 11.6 Å². The first-order valence-electron chi connectivity index (χ1n) is 10.8. The number of carbonyl (C=O) groups excluding carboxylic acids is 2. The van der Waals surface area contributed by atoms with E-state index in [1.165, 1.54) is 10.7 Å². The Balaban J connectivity index is 1.56. The van der Waals surface area contributed by atoms with Gasteiger partial charge in [0.2, 0.25) is 5.91 Å². The highest BCUT2D eigenvalue weighted by Gasteiger charge is 2.29. The highest BCUT2D eigenvalue weighted by atomic mass is 35.5. The number of hydrogen-bond acceptors (Lipinski definition) is 6. The molecule has 3 aromatic heterocycles. The lowest BCUT2D eigenvalue weighted by molar-refractivity contribution is -0.138. The molecule has 4 aromatic rings. The maximum atomic E-state index is 13.2. The molecule has 1 N–H and O–H groups in total. The molecule has 1 fully saturated rings. The second kappa shape index (κ2) is 8.79. The Morgan fingerprint density at radius 3 is 2.82 bits per heavy atom. The number of halogens is 1. The Kier molecular flexibility index (Phi) is 5.66. The molecule has 34 heavy (non-hydrogen) atoms. The lowest BCUT2D eigenvalue weighted by Crippen LogP contribution is -2.45. The van der Waals surface area contributed by atoms with Gasteiger partial charge in [-0.15, -0.1) is 0 Å². The minimum atomic E-state index is -0.548. The molecule has 1 aromatic carbocycles. The lowest BCUT2D eigenvalue weighted by Gasteiger charge is -2.33. The van der Waals surface area contributed by atoms with Gasteiger partial charge in [-0.3, -0.25) is 14.3 Å². The van der Waals surface area contributed by atoms with Crippen LogP contribution >= 0.6 is 11.6 Å². The van der Waals surface area contributed by atoms with Crippen LogP contribution in [0, 0.1) is 0 Å². The number of amides is 2. The Hall–Kier alpha value is -3.92. The molecule has 174 valence electrons. The summed E-state index contributed by atoms with van der Waals surface area (Å²) in [7, 11) is 1.54. The fourth-order valence-electron chi connectivity index (χ4n) is 3.84. The van der Waals surface area contributed by atoms with Gasteiger partial charge >= 0.3 is 0 Å². The molecule has 10 nitrogen and oxygen atoms in total. The number of nitrogens with zero attached hydrogens (tertiary/aromatic N) is 6.